The van der Waals surface area contributed by atoms with Crippen LogP contribution in [0.1, 0.15) is 42.4 Å². The maximum atomic E-state index is 14.4. The van der Waals surface area contributed by atoms with E-state index in [2.05, 4.69) is 31.4 Å². The predicted molar refractivity (Wildman–Crippen MR) is 108 cm³/mol. The highest BCUT2D eigenvalue weighted by Gasteiger charge is 2.21. The van der Waals surface area contributed by atoms with Gasteiger partial charge in [-0.2, -0.15) is 5.10 Å². The molecule has 1 aromatic carbocycles. The van der Waals surface area contributed by atoms with E-state index in [4.69, 9.17) is 0 Å². The second kappa shape index (κ2) is 7.97. The summed E-state index contributed by atoms with van der Waals surface area (Å²) >= 11 is 3.27. The molecule has 2 aromatic heterocycles. The third-order valence-electron chi connectivity index (χ3n) is 4.90. The van der Waals surface area contributed by atoms with Gasteiger partial charge in [0.05, 0.1) is 5.69 Å². The van der Waals surface area contributed by atoms with Crippen molar-refractivity contribution in [1.29, 1.82) is 0 Å². The Labute approximate surface area is 170 Å². The topological polar surface area (TPSA) is 62.5 Å². The number of rotatable bonds is 3. The summed E-state index contributed by atoms with van der Waals surface area (Å²) in [6.45, 7) is 3.45. The Bertz CT molecular complexity index is 1030. The standard InChI is InChI=1S/C20H21BrFN5O/c1-2-14-11-18(20(28)26-9-5-3-4-8-23-26)24-19-12-17(25-27(14)19)15-7-6-13(21)10-16(15)22/h6-7,10-12,23H,2-5,8-9H2,1H3. The van der Waals surface area contributed by atoms with Crippen LogP contribution in [0.25, 0.3) is 16.9 Å². The van der Waals surface area contributed by atoms with E-state index >= 15 is 0 Å². The predicted octanol–water partition coefficient (Wildman–Crippen LogP) is 3.99. The van der Waals surface area contributed by atoms with Crippen molar-refractivity contribution in [1.82, 2.24) is 25.0 Å². The van der Waals surface area contributed by atoms with Gasteiger partial charge in [-0.1, -0.05) is 29.3 Å². The molecule has 6 nitrogen and oxygen atoms in total. The van der Waals surface area contributed by atoms with Crippen molar-refractivity contribution < 1.29 is 9.18 Å². The van der Waals surface area contributed by atoms with Gasteiger partial charge in [0.1, 0.15) is 11.5 Å². The number of nitrogens with zero attached hydrogens (tertiary/aromatic N) is 4. The Morgan fingerprint density at radius 1 is 1.25 bits per heavy atom. The number of hydrogen-bond acceptors (Lipinski definition) is 4. The number of carbonyl (C=O) groups is 1. The Morgan fingerprint density at radius 2 is 2.11 bits per heavy atom. The maximum absolute atomic E-state index is 14.4. The maximum Gasteiger partial charge on any atom is 0.286 e. The summed E-state index contributed by atoms with van der Waals surface area (Å²) in [6, 6.07) is 8.36. The van der Waals surface area contributed by atoms with Gasteiger partial charge in [-0.25, -0.2) is 19.3 Å². The van der Waals surface area contributed by atoms with E-state index < -0.39 is 0 Å². The van der Waals surface area contributed by atoms with Gasteiger partial charge < -0.3 is 0 Å². The van der Waals surface area contributed by atoms with Crippen LogP contribution in [0, 0.1) is 5.82 Å². The van der Waals surface area contributed by atoms with Gasteiger partial charge in [0.2, 0.25) is 0 Å². The van der Waals surface area contributed by atoms with Gasteiger partial charge in [-0.15, -0.1) is 0 Å². The molecule has 0 unspecified atom stereocenters. The van der Waals surface area contributed by atoms with Gasteiger partial charge in [-0.05, 0) is 43.5 Å². The SMILES string of the molecule is CCc1cc(C(=O)N2CCCCCN2)nc2cc(-c3ccc(Br)cc3F)nn12. The molecule has 0 spiro atoms. The van der Waals surface area contributed by atoms with E-state index in [0.717, 1.165) is 31.5 Å². The molecule has 1 amide bonds. The molecule has 0 aliphatic carbocycles. The van der Waals surface area contributed by atoms with Crippen LogP contribution in [0.2, 0.25) is 0 Å². The lowest BCUT2D eigenvalue weighted by Crippen LogP contribution is -2.43. The third-order valence-corrected chi connectivity index (χ3v) is 5.39. The van der Waals surface area contributed by atoms with Gasteiger partial charge >= 0.3 is 0 Å². The average Bonchev–Trinajstić information content (AvgIpc) is 2.92. The van der Waals surface area contributed by atoms with E-state index in [9.17, 15) is 9.18 Å². The van der Waals surface area contributed by atoms with Crippen molar-refractivity contribution in [2.45, 2.75) is 32.6 Å². The van der Waals surface area contributed by atoms with Crippen molar-refractivity contribution in [3.8, 4) is 11.3 Å². The Kier molecular flexibility index (Phi) is 5.41. The smallest absolute Gasteiger partial charge is 0.273 e. The minimum atomic E-state index is -0.360. The summed E-state index contributed by atoms with van der Waals surface area (Å²) in [4.78, 5) is 17.5. The number of aromatic nitrogens is 3. The van der Waals surface area contributed by atoms with Crippen molar-refractivity contribution in [3.63, 3.8) is 0 Å². The lowest BCUT2D eigenvalue weighted by atomic mass is 10.1. The first-order valence-corrected chi connectivity index (χ1v) is 10.3. The molecule has 8 heteroatoms. The molecule has 0 bridgehead atoms. The normalized spacial score (nSPS) is 15.0. The summed E-state index contributed by atoms with van der Waals surface area (Å²) in [7, 11) is 0. The van der Waals surface area contributed by atoms with Crippen LogP contribution in [-0.4, -0.2) is 38.6 Å². The molecule has 1 N–H and O–H groups in total. The molecule has 0 radical (unpaired) electrons. The number of amides is 1. The summed E-state index contributed by atoms with van der Waals surface area (Å²) < 4.78 is 16.7. The summed E-state index contributed by atoms with van der Waals surface area (Å²) in [5.74, 6) is -0.502. The van der Waals surface area contributed by atoms with Crippen LogP contribution in [0.4, 0.5) is 4.39 Å². The van der Waals surface area contributed by atoms with Crippen molar-refractivity contribution >= 4 is 27.5 Å². The average molecular weight is 446 g/mol. The zero-order valence-corrected chi connectivity index (χ0v) is 17.2. The molecule has 28 heavy (non-hydrogen) atoms. The van der Waals surface area contributed by atoms with E-state index in [-0.39, 0.29) is 11.7 Å². The van der Waals surface area contributed by atoms with Crippen LogP contribution >= 0.6 is 15.9 Å². The number of halogens is 2. The molecule has 1 aliphatic heterocycles. The van der Waals surface area contributed by atoms with Crippen LogP contribution in [-0.2, 0) is 6.42 Å². The first kappa shape index (κ1) is 19.0. The molecule has 4 rings (SSSR count). The van der Waals surface area contributed by atoms with Gasteiger partial charge in [0.15, 0.2) is 5.65 Å². The fraction of sp³-hybridized carbons (Fsp3) is 0.350. The minimum absolute atomic E-state index is 0.142. The monoisotopic (exact) mass is 445 g/mol. The number of benzene rings is 1. The van der Waals surface area contributed by atoms with E-state index in [1.165, 1.54) is 6.07 Å². The lowest BCUT2D eigenvalue weighted by Gasteiger charge is -2.20. The summed E-state index contributed by atoms with van der Waals surface area (Å²) in [5, 5.41) is 6.18. The van der Waals surface area contributed by atoms with Crippen molar-refractivity contribution in [2.75, 3.05) is 13.1 Å². The molecule has 3 aromatic rings. The zero-order valence-electron chi connectivity index (χ0n) is 15.6. The fourth-order valence-electron chi connectivity index (χ4n) is 3.40. The molecular weight excluding hydrogens is 425 g/mol. The molecule has 0 atom stereocenters. The quantitative estimate of drug-likeness (QED) is 0.661. The van der Waals surface area contributed by atoms with Crippen molar-refractivity contribution in [2.24, 2.45) is 0 Å². The van der Waals surface area contributed by atoms with E-state index in [0.29, 0.717) is 40.0 Å². The number of hydrazine groups is 1. The van der Waals surface area contributed by atoms with Crippen LogP contribution < -0.4 is 5.43 Å². The molecule has 1 fully saturated rings. The van der Waals surface area contributed by atoms with Gasteiger partial charge in [0, 0.05) is 34.9 Å². The first-order chi connectivity index (χ1) is 13.6. The van der Waals surface area contributed by atoms with Crippen LogP contribution in [0.15, 0.2) is 34.8 Å². The number of carbonyl (C=O) groups excluding carboxylic acids is 1. The van der Waals surface area contributed by atoms with Gasteiger partial charge in [0.25, 0.3) is 5.91 Å². The highest BCUT2D eigenvalue weighted by atomic mass is 79.9. The number of hydrogen-bond donors (Lipinski definition) is 1. The molecular formula is C20H21BrFN5O. The number of aryl methyl sites for hydroxylation is 1. The second-order valence-electron chi connectivity index (χ2n) is 6.84. The van der Waals surface area contributed by atoms with E-state index in [1.807, 2.05) is 6.92 Å². The second-order valence-corrected chi connectivity index (χ2v) is 7.75. The zero-order chi connectivity index (χ0) is 19.7. The van der Waals surface area contributed by atoms with Crippen molar-refractivity contribution in [3.05, 3.63) is 52.0 Å². The number of fused-ring (bicyclic) bond motifs is 1. The molecule has 3 heterocycles. The van der Waals surface area contributed by atoms with Crippen LogP contribution in [0.3, 0.4) is 0 Å². The summed E-state index contributed by atoms with van der Waals surface area (Å²) in [6.07, 6.45) is 3.81. The highest BCUT2D eigenvalue weighted by molar-refractivity contribution is 9.10. The van der Waals surface area contributed by atoms with E-state index in [1.54, 1.807) is 33.8 Å². The molecule has 1 aliphatic rings. The molecule has 146 valence electrons. The Balaban J connectivity index is 1.75. The lowest BCUT2D eigenvalue weighted by molar-refractivity contribution is 0.0667. The largest absolute Gasteiger partial charge is 0.286 e. The Morgan fingerprint density at radius 3 is 2.89 bits per heavy atom. The molecule has 1 saturated heterocycles. The van der Waals surface area contributed by atoms with Crippen LogP contribution in [0.5, 0.6) is 0 Å². The fourth-order valence-corrected chi connectivity index (χ4v) is 3.74. The third kappa shape index (κ3) is 3.66. The Hall–Kier alpha value is -2.32. The highest BCUT2D eigenvalue weighted by Crippen LogP contribution is 2.26. The van der Waals surface area contributed by atoms with Gasteiger partial charge in [-0.3, -0.25) is 9.80 Å². The minimum Gasteiger partial charge on any atom is -0.273 e. The summed E-state index contributed by atoms with van der Waals surface area (Å²) in [5.41, 5.74) is 5.83. The number of nitrogens with one attached hydrogen (secondary N) is 1. The first-order valence-electron chi connectivity index (χ1n) is 9.47. The molecule has 0 saturated carbocycles.